The first kappa shape index (κ1) is 5.91. The van der Waals surface area contributed by atoms with E-state index in [1.165, 1.54) is 0 Å². The average molecular weight is 104 g/mol. The van der Waals surface area contributed by atoms with E-state index >= 15 is 0 Å². The van der Waals surface area contributed by atoms with Crippen LogP contribution in [0.3, 0.4) is 0 Å². The fraction of sp³-hybridized carbons (Fsp3) is 0.333. The molecule has 0 aliphatic heterocycles. The smallest absolute Gasteiger partial charge is 0.251 e. The molecule has 0 rings (SSSR count). The van der Waals surface area contributed by atoms with Crippen molar-refractivity contribution in [3.05, 3.63) is 0 Å². The lowest BCUT2D eigenvalue weighted by Gasteiger charge is -1.80. The van der Waals surface area contributed by atoms with E-state index in [0.717, 1.165) is 0 Å². The fourth-order valence-corrected chi connectivity index (χ4v) is 0.300. The Labute approximate surface area is 37.7 Å². The van der Waals surface area contributed by atoms with Crippen LogP contribution in [-0.2, 0) is 0 Å². The summed E-state index contributed by atoms with van der Waals surface area (Å²) < 4.78 is 0. The highest BCUT2D eigenvalue weighted by Gasteiger charge is 1.81. The van der Waals surface area contributed by atoms with Crippen molar-refractivity contribution in [2.45, 2.75) is 6.92 Å². The third-order valence-corrected chi connectivity index (χ3v) is 0.635. The molecular formula is C3H5O2P. The molecule has 0 spiro atoms. The molecule has 0 bridgehead atoms. The summed E-state index contributed by atoms with van der Waals surface area (Å²) in [5.41, 5.74) is 2.13. The second kappa shape index (κ2) is 3.11. The summed E-state index contributed by atoms with van der Waals surface area (Å²) in [7, 11) is -1.96. The van der Waals surface area contributed by atoms with Gasteiger partial charge in [0, 0.05) is 0 Å². The van der Waals surface area contributed by atoms with Gasteiger partial charge in [0.05, 0.1) is 0 Å². The largest absolute Gasteiger partial charge is 0.340 e. The topological polar surface area (TPSA) is 40.5 Å². The molecule has 0 aromatic heterocycles. The Kier molecular flexibility index (Phi) is 3.07. The Balaban J connectivity index is 3.20. The van der Waals surface area contributed by atoms with Crippen molar-refractivity contribution >= 4 is 8.38 Å². The van der Waals surface area contributed by atoms with Gasteiger partial charge >= 0.3 is 0 Å². The zero-order valence-corrected chi connectivity index (χ0v) is 4.24. The molecule has 0 aliphatic rings. The highest BCUT2D eigenvalue weighted by molar-refractivity contribution is 7.50. The Morgan fingerprint density at radius 2 is 2.00 bits per heavy atom. The van der Waals surface area contributed by atoms with E-state index in [0.29, 0.717) is 0 Å². The van der Waals surface area contributed by atoms with Crippen LogP contribution in [0.5, 0.6) is 0 Å². The van der Waals surface area contributed by atoms with Gasteiger partial charge in [-0.05, 0) is 12.6 Å². The van der Waals surface area contributed by atoms with Crippen molar-refractivity contribution in [2.24, 2.45) is 0 Å². The first-order valence-electron chi connectivity index (χ1n) is 1.37. The summed E-state index contributed by atoms with van der Waals surface area (Å²) in [5, 5.41) is 0. The highest BCUT2D eigenvalue weighted by atomic mass is 31.2. The molecular weight excluding hydrogens is 99.0 g/mol. The summed E-state index contributed by atoms with van der Waals surface area (Å²) in [6.07, 6.45) is 0. The maximum atomic E-state index is 8.00. The van der Waals surface area contributed by atoms with Gasteiger partial charge in [-0.25, -0.2) is 0 Å². The summed E-state index contributed by atoms with van der Waals surface area (Å²) >= 11 is 0. The van der Waals surface area contributed by atoms with E-state index in [1.807, 2.05) is 0 Å². The molecule has 0 saturated heterocycles. The van der Waals surface area contributed by atoms with Crippen molar-refractivity contribution < 1.29 is 9.79 Å². The average Bonchev–Trinajstić information content (AvgIpc) is 1.35. The van der Waals surface area contributed by atoms with Crippen LogP contribution in [0.4, 0.5) is 0 Å². The molecule has 0 heterocycles. The molecule has 0 amide bonds. The van der Waals surface area contributed by atoms with Crippen LogP contribution in [0.1, 0.15) is 6.92 Å². The molecule has 6 heavy (non-hydrogen) atoms. The molecule has 0 radical (unpaired) electrons. The van der Waals surface area contributed by atoms with Gasteiger partial charge in [-0.3, -0.25) is 0 Å². The third-order valence-electron chi connectivity index (χ3n) is 0.212. The number of hydrogen-bond donors (Lipinski definition) is 2. The Morgan fingerprint density at radius 1 is 1.50 bits per heavy atom. The maximum absolute atomic E-state index is 8.00. The molecule has 0 atom stereocenters. The zero-order valence-electron chi connectivity index (χ0n) is 3.34. The second-order valence-corrected chi connectivity index (χ2v) is 1.45. The van der Waals surface area contributed by atoms with Gasteiger partial charge in [-0.2, -0.15) is 0 Å². The Hall–Kier alpha value is -0.0900. The predicted octanol–water partition coefficient (Wildman–Crippen LogP) is 0.264. The van der Waals surface area contributed by atoms with Gasteiger partial charge in [-0.1, -0.05) is 5.92 Å². The predicted molar refractivity (Wildman–Crippen MR) is 24.8 cm³/mol. The van der Waals surface area contributed by atoms with Crippen molar-refractivity contribution in [1.29, 1.82) is 0 Å². The van der Waals surface area contributed by atoms with Crippen LogP contribution in [0.2, 0.25) is 0 Å². The summed E-state index contributed by atoms with van der Waals surface area (Å²) in [5.74, 6) is 2.35. The fourth-order valence-electron chi connectivity index (χ4n) is 0.100. The molecule has 2 nitrogen and oxygen atoms in total. The van der Waals surface area contributed by atoms with Gasteiger partial charge in [0.1, 0.15) is 0 Å². The van der Waals surface area contributed by atoms with Crippen molar-refractivity contribution in [3.63, 3.8) is 0 Å². The molecule has 0 fully saturated rings. The summed E-state index contributed by atoms with van der Waals surface area (Å²) in [6.45, 7) is 1.56. The molecule has 0 aromatic carbocycles. The van der Waals surface area contributed by atoms with E-state index in [-0.39, 0.29) is 0 Å². The first-order chi connectivity index (χ1) is 2.77. The normalized spacial score (nSPS) is 7.33. The molecule has 0 unspecified atom stereocenters. The molecule has 0 aromatic rings. The van der Waals surface area contributed by atoms with E-state index in [1.54, 1.807) is 6.92 Å². The molecule has 3 heteroatoms. The van der Waals surface area contributed by atoms with Crippen LogP contribution in [0.15, 0.2) is 0 Å². The minimum Gasteiger partial charge on any atom is -0.340 e. The third kappa shape index (κ3) is 3.91. The molecule has 0 saturated carbocycles. The van der Waals surface area contributed by atoms with Gasteiger partial charge in [-0.15, -0.1) is 0 Å². The minimum absolute atomic E-state index is 1.56. The first-order valence-corrected chi connectivity index (χ1v) is 2.62. The second-order valence-electron chi connectivity index (χ2n) is 0.651. The van der Waals surface area contributed by atoms with E-state index in [2.05, 4.69) is 11.6 Å². The molecule has 0 aliphatic carbocycles. The van der Waals surface area contributed by atoms with Crippen LogP contribution < -0.4 is 0 Å². The summed E-state index contributed by atoms with van der Waals surface area (Å²) in [6, 6.07) is 0. The van der Waals surface area contributed by atoms with Crippen LogP contribution >= 0.6 is 8.38 Å². The number of rotatable bonds is 0. The van der Waals surface area contributed by atoms with E-state index in [9.17, 15) is 0 Å². The summed E-state index contributed by atoms with van der Waals surface area (Å²) in [4.78, 5) is 16.0. The van der Waals surface area contributed by atoms with Crippen LogP contribution in [0.25, 0.3) is 0 Å². The van der Waals surface area contributed by atoms with Crippen molar-refractivity contribution in [2.75, 3.05) is 0 Å². The molecule has 2 N–H and O–H groups in total. The SMILES string of the molecule is CC#CP(O)O. The monoisotopic (exact) mass is 104 g/mol. The zero-order chi connectivity index (χ0) is 4.99. The van der Waals surface area contributed by atoms with Gasteiger partial charge in [0.2, 0.25) is 0 Å². The lowest BCUT2D eigenvalue weighted by atomic mass is 10.9. The lowest BCUT2D eigenvalue weighted by molar-refractivity contribution is 0.498. The Bertz CT molecular complexity index is 78.5. The van der Waals surface area contributed by atoms with E-state index in [4.69, 9.17) is 9.79 Å². The lowest BCUT2D eigenvalue weighted by Crippen LogP contribution is -1.55. The quantitative estimate of drug-likeness (QED) is 0.342. The maximum Gasteiger partial charge on any atom is 0.251 e. The van der Waals surface area contributed by atoms with Crippen LogP contribution in [0, 0.1) is 11.6 Å². The van der Waals surface area contributed by atoms with Gasteiger partial charge in [0.25, 0.3) is 8.38 Å². The minimum atomic E-state index is -1.96. The van der Waals surface area contributed by atoms with Crippen molar-refractivity contribution in [1.82, 2.24) is 0 Å². The number of hydrogen-bond acceptors (Lipinski definition) is 2. The van der Waals surface area contributed by atoms with Crippen molar-refractivity contribution in [3.8, 4) is 11.6 Å². The van der Waals surface area contributed by atoms with Gasteiger partial charge in [0.15, 0.2) is 0 Å². The Morgan fingerprint density at radius 3 is 2.00 bits per heavy atom. The standard InChI is InChI=1S/C3H5O2P/c1-2-3-6(4)5/h4-5H,1H3. The molecule has 34 valence electrons. The van der Waals surface area contributed by atoms with E-state index < -0.39 is 8.38 Å². The van der Waals surface area contributed by atoms with Crippen LogP contribution in [-0.4, -0.2) is 9.79 Å². The van der Waals surface area contributed by atoms with Gasteiger partial charge < -0.3 is 9.79 Å². The highest BCUT2D eigenvalue weighted by Crippen LogP contribution is 2.18.